The van der Waals surface area contributed by atoms with Gasteiger partial charge in [0, 0.05) is 24.5 Å². The molecule has 0 spiro atoms. The summed E-state index contributed by atoms with van der Waals surface area (Å²) in [6, 6.07) is 3.13. The first-order chi connectivity index (χ1) is 10.1. The van der Waals surface area contributed by atoms with Crippen molar-refractivity contribution in [1.82, 2.24) is 15.0 Å². The Kier molecular flexibility index (Phi) is 5.02. The highest BCUT2D eigenvalue weighted by atomic mass is 35.5. The number of nitrogens with zero attached hydrogens (tertiary/aromatic N) is 3. The van der Waals surface area contributed by atoms with Crippen molar-refractivity contribution in [3.8, 4) is 0 Å². The molecule has 0 unspecified atom stereocenters. The molecule has 0 saturated heterocycles. The van der Waals surface area contributed by atoms with Crippen LogP contribution in [0.4, 0.5) is 0 Å². The number of pyridine rings is 1. The van der Waals surface area contributed by atoms with Crippen molar-refractivity contribution in [2.24, 2.45) is 5.10 Å². The van der Waals surface area contributed by atoms with Crippen molar-refractivity contribution >= 4 is 35.1 Å². The van der Waals surface area contributed by atoms with Gasteiger partial charge < -0.3 is 0 Å². The van der Waals surface area contributed by atoms with Gasteiger partial charge in [-0.2, -0.15) is 5.10 Å². The molecule has 21 heavy (non-hydrogen) atoms. The van der Waals surface area contributed by atoms with Crippen molar-refractivity contribution in [2.45, 2.75) is 6.54 Å². The summed E-state index contributed by atoms with van der Waals surface area (Å²) in [5, 5.41) is 4.07. The van der Waals surface area contributed by atoms with Gasteiger partial charge in [0.25, 0.3) is 5.91 Å². The number of thiazole rings is 1. The van der Waals surface area contributed by atoms with Crippen LogP contribution in [0, 0.1) is 0 Å². The lowest BCUT2D eigenvalue weighted by atomic mass is 10.3. The highest BCUT2D eigenvalue weighted by Crippen LogP contribution is 2.16. The molecule has 0 fully saturated rings. The highest BCUT2D eigenvalue weighted by Gasteiger charge is 2.10. The summed E-state index contributed by atoms with van der Waals surface area (Å²) in [5.41, 5.74) is 2.79. The number of halogens is 1. The van der Waals surface area contributed by atoms with Crippen LogP contribution < -0.4 is 10.3 Å². The summed E-state index contributed by atoms with van der Waals surface area (Å²) in [5.74, 6) is -0.373. The van der Waals surface area contributed by atoms with Gasteiger partial charge in [-0.3, -0.25) is 19.1 Å². The Hall–Kier alpha value is -2.25. The van der Waals surface area contributed by atoms with Gasteiger partial charge in [-0.05, 0) is 12.1 Å². The fourth-order valence-corrected chi connectivity index (χ4v) is 2.61. The predicted molar refractivity (Wildman–Crippen MR) is 83.1 cm³/mol. The summed E-state index contributed by atoms with van der Waals surface area (Å²) in [6.07, 6.45) is 5.94. The molecule has 0 aromatic carbocycles. The largest absolute Gasteiger partial charge is 0.309 e. The zero-order valence-electron chi connectivity index (χ0n) is 10.8. The first-order valence-corrected chi connectivity index (χ1v) is 7.06. The second-order valence-corrected chi connectivity index (χ2v) is 5.21. The maximum absolute atomic E-state index is 11.7. The lowest BCUT2D eigenvalue weighted by molar-refractivity contribution is 0.0955. The van der Waals surface area contributed by atoms with Gasteiger partial charge in [-0.1, -0.05) is 29.0 Å². The average Bonchev–Trinajstić information content (AvgIpc) is 2.76. The van der Waals surface area contributed by atoms with Gasteiger partial charge in [0.05, 0.1) is 11.1 Å². The van der Waals surface area contributed by atoms with Crippen LogP contribution >= 0.6 is 22.9 Å². The maximum atomic E-state index is 11.7. The number of hydrogen-bond acceptors (Lipinski definition) is 5. The van der Waals surface area contributed by atoms with E-state index in [1.165, 1.54) is 23.2 Å². The zero-order chi connectivity index (χ0) is 15.2. The van der Waals surface area contributed by atoms with E-state index in [1.807, 2.05) is 0 Å². The first-order valence-electron chi connectivity index (χ1n) is 5.87. The molecule has 0 saturated carbocycles. The van der Waals surface area contributed by atoms with E-state index in [4.69, 9.17) is 11.6 Å². The summed E-state index contributed by atoms with van der Waals surface area (Å²) < 4.78 is 1.37. The topological polar surface area (TPSA) is 76.3 Å². The zero-order valence-corrected chi connectivity index (χ0v) is 12.4. The second kappa shape index (κ2) is 6.96. The predicted octanol–water partition coefficient (Wildman–Crippen LogP) is 1.91. The van der Waals surface area contributed by atoms with E-state index >= 15 is 0 Å². The van der Waals surface area contributed by atoms with Crippen LogP contribution in [0.1, 0.15) is 15.2 Å². The van der Waals surface area contributed by atoms with Crippen LogP contribution in [-0.2, 0) is 6.54 Å². The number of hydrazone groups is 1. The normalized spacial score (nSPS) is 10.7. The number of allylic oxidation sites excluding steroid dienone is 1. The minimum atomic E-state index is -0.373. The fourth-order valence-electron chi connectivity index (χ4n) is 1.49. The standard InChI is InChI=1S/C13H11ClN4O2S/c1-2-7-18-11(14)10(21-13(18)20)8-16-17-12(19)9-3-5-15-6-4-9/h2-6,8H,1,7H2,(H,17,19)/b16-8+. The Bertz CT molecular complexity index is 736. The molecule has 2 aromatic rings. The molecule has 0 aliphatic carbocycles. The molecule has 1 amide bonds. The van der Waals surface area contributed by atoms with Gasteiger partial charge in [0.1, 0.15) is 5.15 Å². The van der Waals surface area contributed by atoms with Crippen molar-refractivity contribution in [3.63, 3.8) is 0 Å². The number of amides is 1. The molecule has 108 valence electrons. The Morgan fingerprint density at radius 2 is 2.24 bits per heavy atom. The minimum Gasteiger partial charge on any atom is -0.285 e. The van der Waals surface area contributed by atoms with Gasteiger partial charge >= 0.3 is 4.87 Å². The number of carbonyl (C=O) groups excluding carboxylic acids is 1. The number of aromatic nitrogens is 2. The van der Waals surface area contributed by atoms with E-state index in [1.54, 1.807) is 18.2 Å². The summed E-state index contributed by atoms with van der Waals surface area (Å²) in [4.78, 5) is 27.5. The molecular formula is C13H11ClN4O2S. The SMILES string of the molecule is C=CCn1c(Cl)c(/C=N/NC(=O)c2ccncc2)sc1=O. The van der Waals surface area contributed by atoms with E-state index < -0.39 is 0 Å². The van der Waals surface area contributed by atoms with Crippen molar-refractivity contribution in [1.29, 1.82) is 0 Å². The van der Waals surface area contributed by atoms with Crippen molar-refractivity contribution < 1.29 is 4.79 Å². The lowest BCUT2D eigenvalue weighted by Gasteiger charge is -1.98. The molecule has 0 aliphatic rings. The van der Waals surface area contributed by atoms with E-state index in [0.29, 0.717) is 17.0 Å². The summed E-state index contributed by atoms with van der Waals surface area (Å²) in [7, 11) is 0. The molecule has 0 bridgehead atoms. The molecule has 8 heteroatoms. The van der Waals surface area contributed by atoms with Crippen LogP contribution in [-0.4, -0.2) is 21.7 Å². The highest BCUT2D eigenvalue weighted by molar-refractivity contribution is 7.11. The molecular weight excluding hydrogens is 312 g/mol. The molecule has 0 radical (unpaired) electrons. The van der Waals surface area contributed by atoms with Gasteiger partial charge in [0.15, 0.2) is 0 Å². The first kappa shape index (κ1) is 15.1. The van der Waals surface area contributed by atoms with Crippen LogP contribution in [0.2, 0.25) is 5.15 Å². The summed E-state index contributed by atoms with van der Waals surface area (Å²) in [6.45, 7) is 3.88. The third kappa shape index (κ3) is 3.65. The van der Waals surface area contributed by atoms with Crippen LogP contribution in [0.5, 0.6) is 0 Å². The molecule has 1 N–H and O–H groups in total. The summed E-state index contributed by atoms with van der Waals surface area (Å²) >= 11 is 7.00. The smallest absolute Gasteiger partial charge is 0.285 e. The van der Waals surface area contributed by atoms with Crippen LogP contribution in [0.25, 0.3) is 0 Å². The number of hydrogen-bond donors (Lipinski definition) is 1. The minimum absolute atomic E-state index is 0.207. The Morgan fingerprint density at radius 3 is 2.90 bits per heavy atom. The van der Waals surface area contributed by atoms with Gasteiger partial charge in [-0.25, -0.2) is 5.43 Å². The van der Waals surface area contributed by atoms with E-state index in [2.05, 4.69) is 22.1 Å². The fraction of sp³-hybridized carbons (Fsp3) is 0.0769. The van der Waals surface area contributed by atoms with Crippen LogP contribution in [0.15, 0.2) is 47.1 Å². The monoisotopic (exact) mass is 322 g/mol. The van der Waals surface area contributed by atoms with Crippen molar-refractivity contribution in [3.05, 3.63) is 62.4 Å². The Balaban J connectivity index is 2.09. The van der Waals surface area contributed by atoms with E-state index in [9.17, 15) is 9.59 Å². The number of carbonyl (C=O) groups is 1. The lowest BCUT2D eigenvalue weighted by Crippen LogP contribution is -2.17. The molecule has 0 aliphatic heterocycles. The third-order valence-electron chi connectivity index (χ3n) is 2.46. The Labute approximate surface area is 129 Å². The average molecular weight is 323 g/mol. The van der Waals surface area contributed by atoms with Gasteiger partial charge in [0.2, 0.25) is 0 Å². The number of rotatable bonds is 5. The molecule has 2 rings (SSSR count). The van der Waals surface area contributed by atoms with E-state index in [0.717, 1.165) is 11.3 Å². The maximum Gasteiger partial charge on any atom is 0.309 e. The quantitative estimate of drug-likeness (QED) is 0.519. The molecule has 0 atom stereocenters. The molecule has 2 aromatic heterocycles. The van der Waals surface area contributed by atoms with Crippen LogP contribution in [0.3, 0.4) is 0 Å². The van der Waals surface area contributed by atoms with Gasteiger partial charge in [-0.15, -0.1) is 6.58 Å². The third-order valence-corrected chi connectivity index (χ3v) is 3.89. The Morgan fingerprint density at radius 1 is 1.52 bits per heavy atom. The molecule has 6 nitrogen and oxygen atoms in total. The van der Waals surface area contributed by atoms with Crippen molar-refractivity contribution in [2.75, 3.05) is 0 Å². The van der Waals surface area contributed by atoms with E-state index in [-0.39, 0.29) is 15.9 Å². The second-order valence-electron chi connectivity index (χ2n) is 3.86. The molecule has 2 heterocycles. The number of nitrogens with one attached hydrogen (secondary N) is 1.